The monoisotopic (exact) mass is 622 g/mol. The summed E-state index contributed by atoms with van der Waals surface area (Å²) in [4.78, 5) is 25.6. The second kappa shape index (κ2) is 9.84. The maximum atomic E-state index is 13.1. The Balaban J connectivity index is 1.51. The zero-order valence-electron chi connectivity index (χ0n) is 16.8. The maximum Gasteiger partial charge on any atom is 0.257 e. The highest BCUT2D eigenvalue weighted by Gasteiger charge is 2.67. The van der Waals surface area contributed by atoms with Gasteiger partial charge in [0.15, 0.2) is 0 Å². The molecular weight excluding hydrogens is 612 g/mol. The van der Waals surface area contributed by atoms with Crippen LogP contribution in [0.25, 0.3) is 0 Å². The van der Waals surface area contributed by atoms with Crippen molar-refractivity contribution < 1.29 is 14.0 Å². The summed E-state index contributed by atoms with van der Waals surface area (Å²) in [5.41, 5.74) is 1.45. The van der Waals surface area contributed by atoms with Crippen molar-refractivity contribution in [2.75, 3.05) is 10.6 Å². The molecule has 1 aliphatic rings. The number of hydrogen-bond acceptors (Lipinski definition) is 2. The zero-order valence-corrected chi connectivity index (χ0v) is 22.2. The van der Waals surface area contributed by atoms with E-state index in [9.17, 15) is 14.0 Å². The first-order valence-corrected chi connectivity index (χ1v) is 12.4. The third kappa shape index (κ3) is 5.18. The second-order valence-corrected chi connectivity index (χ2v) is 11.0. The predicted molar refractivity (Wildman–Crippen MR) is 139 cm³/mol. The van der Waals surface area contributed by atoms with E-state index in [2.05, 4.69) is 26.6 Å². The van der Waals surface area contributed by atoms with Crippen molar-refractivity contribution in [2.45, 2.75) is 10.3 Å². The zero-order chi connectivity index (χ0) is 24.8. The second-order valence-electron chi connectivity index (χ2n) is 7.57. The highest BCUT2D eigenvalue weighted by Crippen LogP contribution is 2.65. The molecule has 0 unspecified atom stereocenters. The molecule has 1 aliphatic carbocycles. The summed E-state index contributed by atoms with van der Waals surface area (Å²) in [7, 11) is 0. The Labute approximate surface area is 227 Å². The van der Waals surface area contributed by atoms with Crippen molar-refractivity contribution in [3.63, 3.8) is 0 Å². The molecule has 0 heterocycles. The van der Waals surface area contributed by atoms with E-state index in [0.717, 1.165) is 0 Å². The number of carbonyl (C=O) groups excluding carboxylic acids is 2. The molecule has 0 spiro atoms. The number of halogens is 7. The molecule has 4 nitrogen and oxygen atoms in total. The number of alkyl halides is 2. The van der Waals surface area contributed by atoms with E-state index in [1.807, 2.05) is 0 Å². The third-order valence-corrected chi connectivity index (χ3v) is 8.46. The molecule has 0 aliphatic heterocycles. The molecule has 0 bridgehead atoms. The fourth-order valence-electron chi connectivity index (χ4n) is 3.55. The van der Waals surface area contributed by atoms with Gasteiger partial charge in [0, 0.05) is 17.3 Å². The number of anilines is 2. The normalized spacial score (nSPS) is 18.3. The average Bonchev–Trinajstić information content (AvgIpc) is 3.36. The Morgan fingerprint density at radius 3 is 2.06 bits per heavy atom. The molecule has 2 amide bonds. The maximum absolute atomic E-state index is 13.1. The first-order chi connectivity index (χ1) is 16.0. The lowest BCUT2D eigenvalue weighted by atomic mass is 10.1. The van der Waals surface area contributed by atoms with Crippen LogP contribution < -0.4 is 10.6 Å². The van der Waals surface area contributed by atoms with E-state index >= 15 is 0 Å². The molecular formula is C23H13BrCl5FN2O2. The summed E-state index contributed by atoms with van der Waals surface area (Å²) in [6.45, 7) is 0. The van der Waals surface area contributed by atoms with Crippen LogP contribution in [0.3, 0.4) is 0 Å². The predicted octanol–water partition coefficient (Wildman–Crippen LogP) is 8.33. The van der Waals surface area contributed by atoms with Crippen LogP contribution in [-0.4, -0.2) is 16.1 Å². The Morgan fingerprint density at radius 2 is 1.44 bits per heavy atom. The van der Waals surface area contributed by atoms with Crippen LogP contribution in [-0.2, 0) is 4.79 Å². The number of amides is 2. The fraction of sp³-hybridized carbons (Fsp3) is 0.130. The van der Waals surface area contributed by atoms with E-state index in [0.29, 0.717) is 31.5 Å². The molecule has 3 aromatic rings. The first-order valence-electron chi connectivity index (χ1n) is 9.68. The topological polar surface area (TPSA) is 58.2 Å². The van der Waals surface area contributed by atoms with Gasteiger partial charge < -0.3 is 10.6 Å². The number of hydrogen-bond donors (Lipinski definition) is 2. The van der Waals surface area contributed by atoms with Crippen molar-refractivity contribution in [3.8, 4) is 0 Å². The Morgan fingerprint density at radius 1 is 0.853 bits per heavy atom. The van der Waals surface area contributed by atoms with E-state index in [4.69, 9.17) is 58.0 Å². The Bertz CT molecular complexity index is 1280. The minimum Gasteiger partial charge on any atom is -0.326 e. The summed E-state index contributed by atoms with van der Waals surface area (Å²) in [5.74, 6) is -2.72. The van der Waals surface area contributed by atoms with E-state index in [1.54, 1.807) is 18.2 Å². The van der Waals surface area contributed by atoms with Crippen molar-refractivity contribution in [3.05, 3.63) is 91.1 Å². The molecule has 176 valence electrons. The van der Waals surface area contributed by atoms with Crippen LogP contribution in [0.1, 0.15) is 21.8 Å². The SMILES string of the molecule is O=C(Nc1ccc(F)cc1)c1cc(NC(=O)[C@@H]2[C@@H](c3cc(Cl)c(Br)c(Cl)c3)C2(Cl)Cl)ccc1Cl. The smallest absolute Gasteiger partial charge is 0.257 e. The minimum atomic E-state index is -1.36. The van der Waals surface area contributed by atoms with Crippen LogP contribution in [0, 0.1) is 11.7 Å². The standard InChI is InChI=1S/C23H13BrCl5FN2O2/c24-20-16(26)7-10(8-17(20)27)18-19(23(18,28)29)22(34)32-13-5-6-15(25)14(9-13)21(33)31-12-3-1-11(30)2-4-12/h1-9,18-19H,(H,31,33)(H,32,34)/t18-,19+/m1/s1. The summed E-state index contributed by atoms with van der Waals surface area (Å²) in [6, 6.07) is 13.0. The lowest BCUT2D eigenvalue weighted by Gasteiger charge is -2.10. The molecule has 0 aromatic heterocycles. The summed E-state index contributed by atoms with van der Waals surface area (Å²) in [5, 5.41) is 6.25. The third-order valence-electron chi connectivity index (χ3n) is 5.28. The summed E-state index contributed by atoms with van der Waals surface area (Å²) in [6.07, 6.45) is 0. The van der Waals surface area contributed by atoms with Crippen molar-refractivity contribution >= 4 is 97.1 Å². The van der Waals surface area contributed by atoms with Gasteiger partial charge in [0.25, 0.3) is 5.91 Å². The lowest BCUT2D eigenvalue weighted by molar-refractivity contribution is -0.117. The van der Waals surface area contributed by atoms with Gasteiger partial charge in [-0.25, -0.2) is 4.39 Å². The van der Waals surface area contributed by atoms with Crippen LogP contribution in [0.15, 0.2) is 59.1 Å². The summed E-state index contributed by atoms with van der Waals surface area (Å²) >= 11 is 34.7. The Kier molecular flexibility index (Phi) is 7.40. The molecule has 0 saturated heterocycles. The number of rotatable bonds is 5. The highest BCUT2D eigenvalue weighted by atomic mass is 79.9. The first kappa shape index (κ1) is 25.5. The van der Waals surface area contributed by atoms with Crippen molar-refractivity contribution in [2.24, 2.45) is 5.92 Å². The molecule has 3 aromatic carbocycles. The van der Waals surface area contributed by atoms with E-state index in [1.165, 1.54) is 36.4 Å². The molecule has 2 N–H and O–H groups in total. The van der Waals surface area contributed by atoms with Gasteiger partial charge in [-0.3, -0.25) is 9.59 Å². The van der Waals surface area contributed by atoms with Crippen molar-refractivity contribution in [1.29, 1.82) is 0 Å². The number of benzene rings is 3. The van der Waals surface area contributed by atoms with Gasteiger partial charge in [0.05, 0.1) is 31.0 Å². The molecule has 34 heavy (non-hydrogen) atoms. The van der Waals surface area contributed by atoms with Crippen LogP contribution in [0.5, 0.6) is 0 Å². The van der Waals surface area contributed by atoms with Gasteiger partial charge in [-0.05, 0) is 76.1 Å². The van der Waals surface area contributed by atoms with Gasteiger partial charge >= 0.3 is 0 Å². The van der Waals surface area contributed by atoms with Gasteiger partial charge in [0.2, 0.25) is 5.91 Å². The molecule has 11 heteroatoms. The molecule has 1 fully saturated rings. The molecule has 4 rings (SSSR count). The van der Waals surface area contributed by atoms with Crippen molar-refractivity contribution in [1.82, 2.24) is 0 Å². The minimum absolute atomic E-state index is 0.116. The fourth-order valence-corrected chi connectivity index (χ4v) is 5.32. The van der Waals surface area contributed by atoms with Crippen LogP contribution in [0.2, 0.25) is 15.1 Å². The highest BCUT2D eigenvalue weighted by molar-refractivity contribution is 9.10. The van der Waals surface area contributed by atoms with Gasteiger partial charge in [0.1, 0.15) is 10.2 Å². The van der Waals surface area contributed by atoms with Gasteiger partial charge in [-0.15, -0.1) is 23.2 Å². The van der Waals surface area contributed by atoms with E-state index in [-0.39, 0.29) is 10.6 Å². The molecule has 2 atom stereocenters. The van der Waals surface area contributed by atoms with Gasteiger partial charge in [-0.1, -0.05) is 34.8 Å². The quantitative estimate of drug-likeness (QED) is 0.221. The van der Waals surface area contributed by atoms with Gasteiger partial charge in [-0.2, -0.15) is 0 Å². The van der Waals surface area contributed by atoms with Crippen LogP contribution >= 0.6 is 73.9 Å². The average molecular weight is 626 g/mol. The number of nitrogens with one attached hydrogen (secondary N) is 2. The summed E-state index contributed by atoms with van der Waals surface area (Å²) < 4.78 is 12.3. The van der Waals surface area contributed by atoms with Crippen LogP contribution in [0.4, 0.5) is 15.8 Å². The molecule has 0 radical (unpaired) electrons. The number of carbonyl (C=O) groups is 2. The largest absolute Gasteiger partial charge is 0.326 e. The molecule has 1 saturated carbocycles. The Hall–Kier alpha value is -1.54. The lowest BCUT2D eigenvalue weighted by Crippen LogP contribution is -2.18. The van der Waals surface area contributed by atoms with E-state index < -0.39 is 33.8 Å².